The van der Waals surface area contributed by atoms with Crippen molar-refractivity contribution >= 4 is 11.8 Å². The molecular weight excluding hydrogens is 474 g/mol. The van der Waals surface area contributed by atoms with Gasteiger partial charge in [0, 0.05) is 23.1 Å². The van der Waals surface area contributed by atoms with Crippen LogP contribution in [0.2, 0.25) is 0 Å². The molecule has 5 rings (SSSR count). The fourth-order valence-electron chi connectivity index (χ4n) is 4.96. The molecule has 2 aromatic heterocycles. The third-order valence-electron chi connectivity index (χ3n) is 6.83. The molecule has 0 spiro atoms. The molecule has 39 heavy (non-hydrogen) atoms. The van der Waals surface area contributed by atoms with Gasteiger partial charge >= 0.3 is 0 Å². The van der Waals surface area contributed by atoms with E-state index in [9.17, 15) is 0 Å². The highest BCUT2D eigenvalue weighted by molar-refractivity contribution is 5.74. The van der Waals surface area contributed by atoms with Gasteiger partial charge in [-0.2, -0.15) is 0 Å². The molecule has 0 saturated carbocycles. The lowest BCUT2D eigenvalue weighted by Gasteiger charge is -2.14. The number of pyridine rings is 1. The summed E-state index contributed by atoms with van der Waals surface area (Å²) in [6.45, 7) is 8.54. The van der Waals surface area contributed by atoms with Crippen LogP contribution >= 0.6 is 0 Å². The first-order chi connectivity index (χ1) is 19.1. The molecule has 0 amide bonds. The summed E-state index contributed by atoms with van der Waals surface area (Å²) in [5.74, 6) is 0. The number of aromatic nitrogens is 2. The van der Waals surface area contributed by atoms with Gasteiger partial charge in [-0.05, 0) is 73.7 Å². The third kappa shape index (κ3) is 6.56. The second-order valence-corrected chi connectivity index (χ2v) is 9.66. The molecule has 0 unspecified atom stereocenters. The standard InChI is InChI=1S/C29H31N3.C7H8/c1-4-11-27-25(6-3)29(30)28(12-5-2)32(27)24-16-10-15-22(19-24)23-17-18-31-26(20-23)21-13-8-7-9-14-21;1-7-5-3-2-4-6-7/h5,7-10,12-20H,4,6,11,30H2,1-3H3;2-6H,1H3/b12-5-;. The van der Waals surface area contributed by atoms with Crippen LogP contribution in [0.5, 0.6) is 0 Å². The average Bonchev–Trinajstić information content (AvgIpc) is 3.24. The fourth-order valence-corrected chi connectivity index (χ4v) is 4.96. The van der Waals surface area contributed by atoms with Crippen molar-refractivity contribution in [3.63, 3.8) is 0 Å². The molecule has 0 fully saturated rings. The maximum Gasteiger partial charge on any atom is 0.0708 e. The van der Waals surface area contributed by atoms with E-state index < -0.39 is 0 Å². The minimum atomic E-state index is 0.898. The second kappa shape index (κ2) is 13.4. The number of aryl methyl sites for hydroxylation is 1. The number of nitrogens with two attached hydrogens (primary N) is 1. The van der Waals surface area contributed by atoms with Gasteiger partial charge in [0.1, 0.15) is 0 Å². The summed E-state index contributed by atoms with van der Waals surface area (Å²) >= 11 is 0. The van der Waals surface area contributed by atoms with Crippen LogP contribution in [0.4, 0.5) is 5.69 Å². The highest BCUT2D eigenvalue weighted by Gasteiger charge is 2.19. The van der Waals surface area contributed by atoms with Crippen molar-refractivity contribution in [1.82, 2.24) is 9.55 Å². The van der Waals surface area contributed by atoms with E-state index in [0.29, 0.717) is 0 Å². The minimum absolute atomic E-state index is 0.898. The minimum Gasteiger partial charge on any atom is -0.397 e. The molecule has 0 bridgehead atoms. The van der Waals surface area contributed by atoms with E-state index in [1.165, 1.54) is 22.4 Å². The van der Waals surface area contributed by atoms with Gasteiger partial charge in [-0.1, -0.05) is 105 Å². The number of hydrogen-bond donors (Lipinski definition) is 1. The molecule has 0 saturated heterocycles. The van der Waals surface area contributed by atoms with Crippen LogP contribution < -0.4 is 5.73 Å². The van der Waals surface area contributed by atoms with Gasteiger partial charge in [0.15, 0.2) is 0 Å². The predicted octanol–water partition coefficient (Wildman–Crippen LogP) is 9.33. The van der Waals surface area contributed by atoms with Crippen LogP contribution in [0.3, 0.4) is 0 Å². The Labute approximate surface area is 233 Å². The molecular formula is C36H39N3. The van der Waals surface area contributed by atoms with Crippen molar-refractivity contribution in [3.05, 3.63) is 132 Å². The molecule has 2 N–H and O–H groups in total. The van der Waals surface area contributed by atoms with Gasteiger partial charge in [0.2, 0.25) is 0 Å². The van der Waals surface area contributed by atoms with E-state index in [1.807, 2.05) is 49.5 Å². The number of nitrogen functional groups attached to an aromatic ring is 1. The van der Waals surface area contributed by atoms with Crippen LogP contribution in [0, 0.1) is 6.92 Å². The summed E-state index contributed by atoms with van der Waals surface area (Å²) < 4.78 is 2.35. The summed E-state index contributed by atoms with van der Waals surface area (Å²) in [4.78, 5) is 4.59. The van der Waals surface area contributed by atoms with Gasteiger partial charge in [0.05, 0.1) is 17.1 Å². The molecule has 3 aromatic carbocycles. The summed E-state index contributed by atoms with van der Waals surface area (Å²) in [7, 11) is 0. The molecule has 3 nitrogen and oxygen atoms in total. The lowest BCUT2D eigenvalue weighted by molar-refractivity contribution is 0.824. The Morgan fingerprint density at radius 3 is 2.08 bits per heavy atom. The van der Waals surface area contributed by atoms with Crippen molar-refractivity contribution in [2.24, 2.45) is 0 Å². The SMILES string of the molecule is C/C=C\c1c(N)c(CC)c(CCC)n1-c1cccc(-c2ccnc(-c3ccccc3)c2)c1.Cc1ccccc1. The summed E-state index contributed by atoms with van der Waals surface area (Å²) in [5.41, 5.74) is 18.1. The van der Waals surface area contributed by atoms with Gasteiger partial charge < -0.3 is 10.3 Å². The van der Waals surface area contributed by atoms with Gasteiger partial charge in [-0.15, -0.1) is 0 Å². The van der Waals surface area contributed by atoms with Crippen molar-refractivity contribution < 1.29 is 0 Å². The van der Waals surface area contributed by atoms with Crippen LogP contribution in [0.25, 0.3) is 34.1 Å². The van der Waals surface area contributed by atoms with Gasteiger partial charge in [-0.25, -0.2) is 0 Å². The lowest BCUT2D eigenvalue weighted by atomic mass is 10.0. The Balaban J connectivity index is 0.000000438. The molecule has 3 heteroatoms. The highest BCUT2D eigenvalue weighted by atomic mass is 15.0. The Morgan fingerprint density at radius 1 is 0.795 bits per heavy atom. The summed E-state index contributed by atoms with van der Waals surface area (Å²) in [6.07, 6.45) is 9.10. The Hall–Kier alpha value is -4.37. The third-order valence-corrected chi connectivity index (χ3v) is 6.83. The molecule has 0 aliphatic carbocycles. The first-order valence-corrected chi connectivity index (χ1v) is 13.9. The number of allylic oxidation sites excluding steroid dienone is 1. The number of benzene rings is 3. The van der Waals surface area contributed by atoms with E-state index in [0.717, 1.165) is 53.2 Å². The number of rotatable bonds is 7. The van der Waals surface area contributed by atoms with E-state index in [-0.39, 0.29) is 0 Å². The summed E-state index contributed by atoms with van der Waals surface area (Å²) in [6, 6.07) is 33.5. The Morgan fingerprint density at radius 2 is 1.46 bits per heavy atom. The van der Waals surface area contributed by atoms with Crippen LogP contribution in [0.15, 0.2) is 109 Å². The average molecular weight is 514 g/mol. The van der Waals surface area contributed by atoms with Crippen LogP contribution in [-0.2, 0) is 12.8 Å². The molecule has 5 aromatic rings. The lowest BCUT2D eigenvalue weighted by Crippen LogP contribution is -2.04. The fraction of sp³-hybridized carbons (Fsp3) is 0.194. The van der Waals surface area contributed by atoms with Crippen molar-refractivity contribution in [3.8, 4) is 28.1 Å². The molecule has 198 valence electrons. The Kier molecular flexibility index (Phi) is 9.53. The zero-order valence-electron chi connectivity index (χ0n) is 23.6. The maximum absolute atomic E-state index is 6.62. The van der Waals surface area contributed by atoms with Crippen molar-refractivity contribution in [2.45, 2.75) is 47.0 Å². The van der Waals surface area contributed by atoms with E-state index in [1.54, 1.807) is 0 Å². The van der Waals surface area contributed by atoms with E-state index in [2.05, 4.69) is 103 Å². The first kappa shape index (κ1) is 27.7. The number of hydrogen-bond acceptors (Lipinski definition) is 2. The largest absolute Gasteiger partial charge is 0.397 e. The van der Waals surface area contributed by atoms with Crippen molar-refractivity contribution in [2.75, 3.05) is 5.73 Å². The molecule has 0 atom stereocenters. The summed E-state index contributed by atoms with van der Waals surface area (Å²) in [5, 5.41) is 0. The first-order valence-electron chi connectivity index (χ1n) is 13.9. The smallest absolute Gasteiger partial charge is 0.0708 e. The molecule has 0 radical (unpaired) electrons. The maximum atomic E-state index is 6.62. The normalized spacial score (nSPS) is 10.9. The topological polar surface area (TPSA) is 43.8 Å². The number of nitrogens with zero attached hydrogens (tertiary/aromatic N) is 2. The number of anilines is 1. The zero-order valence-corrected chi connectivity index (χ0v) is 23.6. The monoisotopic (exact) mass is 513 g/mol. The van der Waals surface area contributed by atoms with Crippen LogP contribution in [-0.4, -0.2) is 9.55 Å². The van der Waals surface area contributed by atoms with E-state index >= 15 is 0 Å². The van der Waals surface area contributed by atoms with Gasteiger partial charge in [-0.3, -0.25) is 4.98 Å². The molecule has 2 heterocycles. The van der Waals surface area contributed by atoms with Gasteiger partial charge in [0.25, 0.3) is 0 Å². The highest BCUT2D eigenvalue weighted by Crippen LogP contribution is 2.33. The van der Waals surface area contributed by atoms with Crippen molar-refractivity contribution in [1.29, 1.82) is 0 Å². The quantitative estimate of drug-likeness (QED) is 0.236. The van der Waals surface area contributed by atoms with Crippen LogP contribution in [0.1, 0.15) is 49.7 Å². The Bertz CT molecular complexity index is 1510. The van der Waals surface area contributed by atoms with E-state index in [4.69, 9.17) is 5.73 Å². The predicted molar refractivity (Wildman–Crippen MR) is 168 cm³/mol. The zero-order chi connectivity index (χ0) is 27.6. The molecule has 0 aliphatic rings. The molecule has 0 aliphatic heterocycles. The second-order valence-electron chi connectivity index (χ2n) is 9.66.